The largest absolute Gasteiger partial charge is 0.465 e. The Kier molecular flexibility index (Phi) is 3.80. The maximum Gasteiger partial charge on any atom is 0.340 e. The molecule has 1 fully saturated rings. The fraction of sp³-hybridized carbons (Fsp3) is 0.462. The van der Waals surface area contributed by atoms with Crippen molar-refractivity contribution >= 4 is 21.7 Å². The molecule has 0 heterocycles. The minimum absolute atomic E-state index is 0.138. The lowest BCUT2D eigenvalue weighted by molar-refractivity contribution is 0.0601. The lowest BCUT2D eigenvalue weighted by Gasteiger charge is -2.21. The number of ether oxygens (including phenoxy) is 1. The average molecular weight is 283 g/mol. The van der Waals surface area contributed by atoms with Crippen LogP contribution in [-0.2, 0) is 14.8 Å². The van der Waals surface area contributed by atoms with Crippen molar-refractivity contribution in [3.63, 3.8) is 0 Å². The van der Waals surface area contributed by atoms with Crippen LogP contribution in [0, 0.1) is 5.92 Å². The van der Waals surface area contributed by atoms with Crippen LogP contribution in [0.15, 0.2) is 24.3 Å². The smallest absolute Gasteiger partial charge is 0.340 e. The van der Waals surface area contributed by atoms with Crippen molar-refractivity contribution in [2.45, 2.75) is 12.8 Å². The van der Waals surface area contributed by atoms with Crippen LogP contribution in [0.4, 0.5) is 5.69 Å². The first-order valence-corrected chi connectivity index (χ1v) is 7.70. The van der Waals surface area contributed by atoms with Gasteiger partial charge in [-0.25, -0.2) is 13.2 Å². The fourth-order valence-corrected chi connectivity index (χ4v) is 3.49. The van der Waals surface area contributed by atoms with Crippen molar-refractivity contribution in [2.75, 3.05) is 24.2 Å². The third kappa shape index (κ3) is 3.07. The Bertz CT molecular complexity index is 578. The van der Waals surface area contributed by atoms with E-state index in [0.717, 1.165) is 12.8 Å². The molecule has 1 saturated carbocycles. The zero-order valence-corrected chi connectivity index (χ0v) is 11.8. The van der Waals surface area contributed by atoms with Gasteiger partial charge in [0.1, 0.15) is 0 Å². The average Bonchev–Trinajstić information content (AvgIpc) is 3.20. The number of sulfonamides is 1. The van der Waals surface area contributed by atoms with Crippen LogP contribution in [-0.4, -0.2) is 34.3 Å². The van der Waals surface area contributed by atoms with Crippen LogP contribution in [0.1, 0.15) is 23.2 Å². The highest BCUT2D eigenvalue weighted by Crippen LogP contribution is 2.32. The van der Waals surface area contributed by atoms with E-state index < -0.39 is 16.0 Å². The standard InChI is InChI=1S/C13H17NO4S/c1-14(19(16,17)9-10-7-8-10)12-6-4-3-5-11(12)13(15)18-2/h3-6,10H,7-9H2,1-2H3. The molecular formula is C13H17NO4S. The number of para-hydroxylation sites is 1. The molecule has 1 aromatic rings. The van der Waals surface area contributed by atoms with Gasteiger partial charge in [0.05, 0.1) is 24.1 Å². The van der Waals surface area contributed by atoms with E-state index in [1.54, 1.807) is 24.3 Å². The number of esters is 1. The number of hydrogen-bond acceptors (Lipinski definition) is 4. The predicted octanol–water partition coefficient (Wildman–Crippen LogP) is 1.65. The summed E-state index contributed by atoms with van der Waals surface area (Å²) in [5.41, 5.74) is 0.613. The highest BCUT2D eigenvalue weighted by atomic mass is 32.2. The van der Waals surface area contributed by atoms with Crippen LogP contribution in [0.5, 0.6) is 0 Å². The summed E-state index contributed by atoms with van der Waals surface area (Å²) in [6.07, 6.45) is 1.93. The van der Waals surface area contributed by atoms with Gasteiger partial charge in [0.15, 0.2) is 0 Å². The third-order valence-electron chi connectivity index (χ3n) is 3.21. The molecule has 19 heavy (non-hydrogen) atoms. The van der Waals surface area contributed by atoms with E-state index in [2.05, 4.69) is 4.74 Å². The molecule has 5 nitrogen and oxygen atoms in total. The van der Waals surface area contributed by atoms with Gasteiger partial charge in [-0.05, 0) is 30.9 Å². The molecule has 0 spiro atoms. The molecule has 0 unspecified atom stereocenters. The summed E-state index contributed by atoms with van der Waals surface area (Å²) in [7, 11) is -0.641. The lowest BCUT2D eigenvalue weighted by atomic mass is 10.2. The second-order valence-electron chi connectivity index (χ2n) is 4.70. The second kappa shape index (κ2) is 5.21. The molecular weight excluding hydrogens is 266 g/mol. The molecule has 104 valence electrons. The van der Waals surface area contributed by atoms with Gasteiger partial charge in [0.2, 0.25) is 10.0 Å². The van der Waals surface area contributed by atoms with Crippen molar-refractivity contribution in [1.29, 1.82) is 0 Å². The summed E-state index contributed by atoms with van der Waals surface area (Å²) in [6, 6.07) is 6.54. The SMILES string of the molecule is COC(=O)c1ccccc1N(C)S(=O)(=O)CC1CC1. The molecule has 1 aromatic carbocycles. The Labute approximate surface area is 113 Å². The minimum Gasteiger partial charge on any atom is -0.465 e. The Hall–Kier alpha value is -1.56. The number of methoxy groups -OCH3 is 1. The van der Waals surface area contributed by atoms with Crippen molar-refractivity contribution < 1.29 is 17.9 Å². The van der Waals surface area contributed by atoms with Gasteiger partial charge in [-0.1, -0.05) is 12.1 Å². The first-order valence-electron chi connectivity index (χ1n) is 6.09. The van der Waals surface area contributed by atoms with Gasteiger partial charge in [-0.15, -0.1) is 0 Å². The van der Waals surface area contributed by atoms with Gasteiger partial charge < -0.3 is 4.74 Å². The van der Waals surface area contributed by atoms with Crippen LogP contribution < -0.4 is 4.31 Å². The Morgan fingerprint density at radius 3 is 2.58 bits per heavy atom. The van der Waals surface area contributed by atoms with Gasteiger partial charge in [-0.2, -0.15) is 0 Å². The van der Waals surface area contributed by atoms with E-state index >= 15 is 0 Å². The van der Waals surface area contributed by atoms with Crippen molar-refractivity contribution in [2.24, 2.45) is 5.92 Å². The Morgan fingerprint density at radius 1 is 1.37 bits per heavy atom. The van der Waals surface area contributed by atoms with Gasteiger partial charge in [0.25, 0.3) is 0 Å². The minimum atomic E-state index is -3.39. The number of rotatable bonds is 5. The quantitative estimate of drug-likeness (QED) is 0.771. The van der Waals surface area contributed by atoms with E-state index in [4.69, 9.17) is 0 Å². The summed E-state index contributed by atoms with van der Waals surface area (Å²) < 4.78 is 30.3. The molecule has 2 rings (SSSR count). The summed E-state index contributed by atoms with van der Waals surface area (Å²) in [4.78, 5) is 11.7. The van der Waals surface area contributed by atoms with E-state index in [1.807, 2.05) is 0 Å². The molecule has 1 aliphatic rings. The predicted molar refractivity (Wildman–Crippen MR) is 72.7 cm³/mol. The van der Waals surface area contributed by atoms with E-state index in [1.165, 1.54) is 18.5 Å². The zero-order chi connectivity index (χ0) is 14.0. The molecule has 1 aliphatic carbocycles. The first-order chi connectivity index (χ1) is 8.95. The number of anilines is 1. The molecule has 0 aromatic heterocycles. The maximum atomic E-state index is 12.2. The Morgan fingerprint density at radius 2 is 2.00 bits per heavy atom. The van der Waals surface area contributed by atoms with Crippen molar-refractivity contribution in [3.05, 3.63) is 29.8 Å². The van der Waals surface area contributed by atoms with Crippen LogP contribution in [0.3, 0.4) is 0 Å². The normalized spacial score (nSPS) is 15.1. The van der Waals surface area contributed by atoms with E-state index in [-0.39, 0.29) is 17.2 Å². The van der Waals surface area contributed by atoms with Crippen LogP contribution in [0.25, 0.3) is 0 Å². The van der Waals surface area contributed by atoms with Crippen LogP contribution >= 0.6 is 0 Å². The van der Waals surface area contributed by atoms with Gasteiger partial charge >= 0.3 is 5.97 Å². The number of carbonyl (C=O) groups is 1. The molecule has 0 bridgehead atoms. The monoisotopic (exact) mass is 283 g/mol. The first kappa shape index (κ1) is 13.9. The van der Waals surface area contributed by atoms with Gasteiger partial charge in [-0.3, -0.25) is 4.31 Å². The Balaban J connectivity index is 2.32. The number of hydrogen-bond donors (Lipinski definition) is 0. The topological polar surface area (TPSA) is 63.7 Å². The van der Waals surface area contributed by atoms with Crippen LogP contribution in [0.2, 0.25) is 0 Å². The molecule has 6 heteroatoms. The molecule has 0 N–H and O–H groups in total. The number of nitrogens with zero attached hydrogens (tertiary/aromatic N) is 1. The molecule has 0 amide bonds. The molecule has 0 saturated heterocycles. The summed E-state index contributed by atoms with van der Waals surface area (Å²) in [6.45, 7) is 0. The van der Waals surface area contributed by atoms with Crippen molar-refractivity contribution in [3.8, 4) is 0 Å². The molecule has 0 aliphatic heterocycles. The molecule has 0 radical (unpaired) electrons. The molecule has 0 atom stereocenters. The summed E-state index contributed by atoms with van der Waals surface area (Å²) in [5.74, 6) is -0.138. The maximum absolute atomic E-state index is 12.2. The van der Waals surface area contributed by atoms with E-state index in [0.29, 0.717) is 5.69 Å². The number of carbonyl (C=O) groups excluding carboxylic acids is 1. The van der Waals surface area contributed by atoms with Crippen molar-refractivity contribution in [1.82, 2.24) is 0 Å². The lowest BCUT2D eigenvalue weighted by Crippen LogP contribution is -2.31. The van der Waals surface area contributed by atoms with Gasteiger partial charge in [0, 0.05) is 7.05 Å². The summed E-state index contributed by atoms with van der Waals surface area (Å²) in [5, 5.41) is 0. The fourth-order valence-electron chi connectivity index (χ4n) is 1.87. The highest BCUT2D eigenvalue weighted by Gasteiger charge is 2.31. The third-order valence-corrected chi connectivity index (χ3v) is 5.13. The second-order valence-corrected chi connectivity index (χ2v) is 6.74. The highest BCUT2D eigenvalue weighted by molar-refractivity contribution is 7.92. The number of benzene rings is 1. The summed E-state index contributed by atoms with van der Waals surface area (Å²) >= 11 is 0. The zero-order valence-electron chi connectivity index (χ0n) is 11.0. The van der Waals surface area contributed by atoms with E-state index in [9.17, 15) is 13.2 Å².